The van der Waals surface area contributed by atoms with Gasteiger partial charge in [0.1, 0.15) is 0 Å². The van der Waals surface area contributed by atoms with Crippen LogP contribution in [0.5, 0.6) is 0 Å². The Morgan fingerprint density at radius 1 is 1.15 bits per heavy atom. The molecular weight excluding hydrogens is 334 g/mol. The van der Waals surface area contributed by atoms with Crippen molar-refractivity contribution in [3.8, 4) is 0 Å². The zero-order valence-corrected chi connectivity index (χ0v) is 18.0. The highest BCUT2D eigenvalue weighted by atomic mass is 16.1. The Morgan fingerprint density at radius 3 is 2.37 bits per heavy atom. The fourth-order valence-corrected chi connectivity index (χ4v) is 3.82. The fraction of sp³-hybridized carbons (Fsp3) is 0.565. The second kappa shape index (κ2) is 8.73. The van der Waals surface area contributed by atoms with Gasteiger partial charge >= 0.3 is 0 Å². The Labute approximate surface area is 164 Å². The van der Waals surface area contributed by atoms with Crippen molar-refractivity contribution in [3.05, 3.63) is 52.8 Å². The highest BCUT2D eigenvalue weighted by molar-refractivity contribution is 5.79. The number of amides is 1. The molecule has 0 spiro atoms. The van der Waals surface area contributed by atoms with Crippen LogP contribution >= 0.6 is 0 Å². The van der Waals surface area contributed by atoms with Gasteiger partial charge in [-0.15, -0.1) is 0 Å². The van der Waals surface area contributed by atoms with E-state index in [4.69, 9.17) is 0 Å². The molecule has 0 saturated heterocycles. The van der Waals surface area contributed by atoms with Crippen LogP contribution in [0.15, 0.2) is 30.3 Å². The van der Waals surface area contributed by atoms with E-state index in [-0.39, 0.29) is 17.4 Å². The predicted octanol–water partition coefficient (Wildman–Crippen LogP) is 4.57. The summed E-state index contributed by atoms with van der Waals surface area (Å²) >= 11 is 0. The van der Waals surface area contributed by atoms with Crippen molar-refractivity contribution < 1.29 is 4.79 Å². The fourth-order valence-electron chi connectivity index (χ4n) is 3.82. The maximum absolute atomic E-state index is 12.6. The lowest BCUT2D eigenvalue weighted by Crippen LogP contribution is -2.38. The predicted molar refractivity (Wildman–Crippen MR) is 112 cm³/mol. The van der Waals surface area contributed by atoms with Crippen LogP contribution in [-0.2, 0) is 23.2 Å². The highest BCUT2D eigenvalue weighted by Crippen LogP contribution is 2.28. The normalized spacial score (nSPS) is 13.0. The summed E-state index contributed by atoms with van der Waals surface area (Å²) in [5, 5.41) is 7.80. The molecule has 0 fully saturated rings. The van der Waals surface area contributed by atoms with Crippen molar-refractivity contribution in [2.24, 2.45) is 5.92 Å². The van der Waals surface area contributed by atoms with Gasteiger partial charge in [-0.05, 0) is 44.1 Å². The summed E-state index contributed by atoms with van der Waals surface area (Å²) in [5.74, 6) is 0.603. The third kappa shape index (κ3) is 5.69. The second-order valence-corrected chi connectivity index (χ2v) is 8.82. The first kappa shape index (κ1) is 21.2. The van der Waals surface area contributed by atoms with Gasteiger partial charge in [0.05, 0.1) is 12.1 Å². The molecule has 1 heterocycles. The van der Waals surface area contributed by atoms with Gasteiger partial charge in [0.2, 0.25) is 5.91 Å². The van der Waals surface area contributed by atoms with Crippen molar-refractivity contribution in [2.75, 3.05) is 0 Å². The Bertz CT molecular complexity index is 759. The molecule has 0 aliphatic rings. The van der Waals surface area contributed by atoms with E-state index in [0.29, 0.717) is 12.3 Å². The van der Waals surface area contributed by atoms with E-state index >= 15 is 0 Å². The summed E-state index contributed by atoms with van der Waals surface area (Å²) in [7, 11) is 0. The van der Waals surface area contributed by atoms with Gasteiger partial charge in [0.25, 0.3) is 0 Å². The summed E-state index contributed by atoms with van der Waals surface area (Å²) in [6.07, 6.45) is 1.29. The average molecular weight is 370 g/mol. The number of hydrogen-bond donors (Lipinski definition) is 1. The highest BCUT2D eigenvalue weighted by Gasteiger charge is 2.24. The van der Waals surface area contributed by atoms with Crippen molar-refractivity contribution in [1.82, 2.24) is 15.1 Å². The molecule has 1 aromatic carbocycles. The molecule has 1 unspecified atom stereocenters. The molecule has 1 atom stereocenters. The number of benzene rings is 1. The molecule has 4 nitrogen and oxygen atoms in total. The van der Waals surface area contributed by atoms with Crippen molar-refractivity contribution in [3.63, 3.8) is 0 Å². The summed E-state index contributed by atoms with van der Waals surface area (Å²) in [4.78, 5) is 12.6. The van der Waals surface area contributed by atoms with Gasteiger partial charge in [-0.25, -0.2) is 0 Å². The first-order chi connectivity index (χ1) is 12.6. The molecule has 1 amide bonds. The average Bonchev–Trinajstić information content (AvgIpc) is 2.82. The molecule has 0 radical (unpaired) electrons. The third-order valence-electron chi connectivity index (χ3n) is 5.19. The number of nitrogens with one attached hydrogen (secondary N) is 1. The molecule has 4 heteroatoms. The summed E-state index contributed by atoms with van der Waals surface area (Å²) in [5.41, 5.74) is 4.44. The molecule has 1 N–H and O–H groups in total. The topological polar surface area (TPSA) is 46.9 Å². The SMILES string of the molecule is Cc1nn(CC(C)C)c(C)c1CC(=O)NC(C)CC(C)(C)c1ccccc1. The van der Waals surface area contributed by atoms with Crippen LogP contribution in [0.3, 0.4) is 0 Å². The van der Waals surface area contributed by atoms with Gasteiger partial charge in [-0.3, -0.25) is 9.48 Å². The van der Waals surface area contributed by atoms with E-state index in [9.17, 15) is 4.79 Å². The third-order valence-corrected chi connectivity index (χ3v) is 5.19. The van der Waals surface area contributed by atoms with Crippen molar-refractivity contribution >= 4 is 5.91 Å². The van der Waals surface area contributed by atoms with E-state index in [1.807, 2.05) is 17.7 Å². The Hall–Kier alpha value is -2.10. The molecule has 27 heavy (non-hydrogen) atoms. The van der Waals surface area contributed by atoms with Crippen LogP contribution in [0.1, 0.15) is 63.6 Å². The van der Waals surface area contributed by atoms with Gasteiger partial charge in [0, 0.05) is 23.8 Å². The Balaban J connectivity index is 1.98. The van der Waals surface area contributed by atoms with E-state index in [1.54, 1.807) is 0 Å². The molecule has 148 valence electrons. The first-order valence-corrected chi connectivity index (χ1v) is 9.98. The van der Waals surface area contributed by atoms with Gasteiger partial charge < -0.3 is 5.32 Å². The monoisotopic (exact) mass is 369 g/mol. The number of carbonyl (C=O) groups excluding carboxylic acids is 1. The zero-order chi connectivity index (χ0) is 20.2. The quantitative estimate of drug-likeness (QED) is 0.741. The zero-order valence-electron chi connectivity index (χ0n) is 18.0. The summed E-state index contributed by atoms with van der Waals surface area (Å²) in [6, 6.07) is 10.6. The number of aromatic nitrogens is 2. The lowest BCUT2D eigenvalue weighted by atomic mass is 9.79. The molecule has 0 aliphatic heterocycles. The summed E-state index contributed by atoms with van der Waals surface area (Å²) in [6.45, 7) is 15.9. The van der Waals surface area contributed by atoms with E-state index < -0.39 is 0 Å². The van der Waals surface area contributed by atoms with Crippen LogP contribution < -0.4 is 5.32 Å². The Morgan fingerprint density at radius 2 is 1.78 bits per heavy atom. The largest absolute Gasteiger partial charge is 0.353 e. The number of carbonyl (C=O) groups is 1. The maximum Gasteiger partial charge on any atom is 0.224 e. The molecule has 2 rings (SSSR count). The van der Waals surface area contributed by atoms with E-state index in [0.717, 1.165) is 29.9 Å². The van der Waals surface area contributed by atoms with Gasteiger partial charge in [-0.1, -0.05) is 58.0 Å². The minimum Gasteiger partial charge on any atom is -0.353 e. The van der Waals surface area contributed by atoms with Crippen LogP contribution in [0, 0.1) is 19.8 Å². The molecule has 0 saturated carbocycles. The minimum absolute atomic E-state index is 0.0158. The Kier molecular flexibility index (Phi) is 6.85. The lowest BCUT2D eigenvalue weighted by molar-refractivity contribution is -0.121. The molecular formula is C23H35N3O. The summed E-state index contributed by atoms with van der Waals surface area (Å²) < 4.78 is 2.03. The van der Waals surface area contributed by atoms with Crippen molar-refractivity contribution in [1.29, 1.82) is 0 Å². The number of hydrogen-bond acceptors (Lipinski definition) is 2. The molecule has 1 aromatic heterocycles. The smallest absolute Gasteiger partial charge is 0.224 e. The van der Waals surface area contributed by atoms with E-state index in [1.165, 1.54) is 5.56 Å². The minimum atomic E-state index is 0.0158. The lowest BCUT2D eigenvalue weighted by Gasteiger charge is -2.29. The number of rotatable bonds is 8. The van der Waals surface area contributed by atoms with Crippen LogP contribution in [-0.4, -0.2) is 21.7 Å². The molecule has 2 aromatic rings. The van der Waals surface area contributed by atoms with Crippen LogP contribution in [0.25, 0.3) is 0 Å². The van der Waals surface area contributed by atoms with E-state index in [2.05, 4.69) is 76.2 Å². The number of aryl methyl sites for hydroxylation is 1. The second-order valence-electron chi connectivity index (χ2n) is 8.82. The van der Waals surface area contributed by atoms with Gasteiger partial charge in [-0.2, -0.15) is 5.10 Å². The standard InChI is InChI=1S/C23H35N3O/c1-16(2)15-26-19(5)21(18(4)25-26)13-22(27)24-17(3)14-23(6,7)20-11-9-8-10-12-20/h8-12,16-17H,13-15H2,1-7H3,(H,24,27). The number of nitrogens with zero attached hydrogens (tertiary/aromatic N) is 2. The van der Waals surface area contributed by atoms with Crippen LogP contribution in [0.2, 0.25) is 0 Å². The van der Waals surface area contributed by atoms with Gasteiger partial charge in [0.15, 0.2) is 0 Å². The molecule has 0 bridgehead atoms. The van der Waals surface area contributed by atoms with Crippen molar-refractivity contribution in [2.45, 2.75) is 79.3 Å². The van der Waals surface area contributed by atoms with Crippen LogP contribution in [0.4, 0.5) is 0 Å². The first-order valence-electron chi connectivity index (χ1n) is 9.98. The maximum atomic E-state index is 12.6. The molecule has 0 aliphatic carbocycles.